The van der Waals surface area contributed by atoms with Crippen LogP contribution in [0.2, 0.25) is 0 Å². The van der Waals surface area contributed by atoms with E-state index >= 15 is 0 Å². The second-order valence-electron chi connectivity index (χ2n) is 7.37. The molecule has 0 radical (unpaired) electrons. The van der Waals surface area contributed by atoms with Gasteiger partial charge in [0.2, 0.25) is 11.7 Å². The Bertz CT molecular complexity index is 957. The summed E-state index contributed by atoms with van der Waals surface area (Å²) in [5.74, 6) is 0.909. The van der Waals surface area contributed by atoms with Crippen molar-refractivity contribution in [2.24, 2.45) is 7.05 Å². The van der Waals surface area contributed by atoms with E-state index in [2.05, 4.69) is 20.6 Å². The zero-order chi connectivity index (χ0) is 19.7. The van der Waals surface area contributed by atoms with E-state index in [1.54, 1.807) is 10.9 Å². The first-order chi connectivity index (χ1) is 13.5. The third kappa shape index (κ3) is 4.05. The van der Waals surface area contributed by atoms with E-state index < -0.39 is 0 Å². The lowest BCUT2D eigenvalue weighted by Crippen LogP contribution is -2.42. The summed E-state index contributed by atoms with van der Waals surface area (Å²) in [4.78, 5) is 19.1. The molecule has 28 heavy (non-hydrogen) atoms. The number of benzene rings is 1. The quantitative estimate of drug-likeness (QED) is 0.709. The third-order valence-corrected chi connectivity index (χ3v) is 4.82. The fourth-order valence-corrected chi connectivity index (χ4v) is 3.06. The molecule has 0 spiro atoms. The SMILES string of the molecule is Cc1ccc(-c2noc([C@H](C)NC(=O)N(Cc3cnn(C)c3)C3CC3)n2)cc1. The minimum Gasteiger partial charge on any atom is -0.337 e. The molecule has 8 nitrogen and oxygen atoms in total. The maximum absolute atomic E-state index is 12.8. The number of hydrogen-bond acceptors (Lipinski definition) is 5. The minimum absolute atomic E-state index is 0.131. The summed E-state index contributed by atoms with van der Waals surface area (Å²) in [5, 5.41) is 11.2. The molecule has 0 saturated heterocycles. The van der Waals surface area contributed by atoms with Gasteiger partial charge in [-0.05, 0) is 26.7 Å². The monoisotopic (exact) mass is 380 g/mol. The van der Waals surface area contributed by atoms with Crippen LogP contribution in [0.15, 0.2) is 41.2 Å². The van der Waals surface area contributed by atoms with Crippen LogP contribution >= 0.6 is 0 Å². The molecule has 1 aliphatic carbocycles. The van der Waals surface area contributed by atoms with Crippen molar-refractivity contribution >= 4 is 6.03 Å². The molecule has 0 bridgehead atoms. The van der Waals surface area contributed by atoms with Gasteiger partial charge in [-0.15, -0.1) is 0 Å². The smallest absolute Gasteiger partial charge is 0.318 e. The molecule has 1 aromatic carbocycles. The lowest BCUT2D eigenvalue weighted by molar-refractivity contribution is 0.186. The van der Waals surface area contributed by atoms with Crippen molar-refractivity contribution < 1.29 is 9.32 Å². The van der Waals surface area contributed by atoms with E-state index in [1.165, 1.54) is 5.56 Å². The number of aryl methyl sites for hydroxylation is 2. The maximum atomic E-state index is 12.8. The Labute approximate surface area is 163 Å². The van der Waals surface area contributed by atoms with Crippen LogP contribution in [0.1, 0.15) is 42.8 Å². The first kappa shape index (κ1) is 18.2. The van der Waals surface area contributed by atoms with Crippen LogP contribution in [0.25, 0.3) is 11.4 Å². The molecule has 2 aromatic heterocycles. The van der Waals surface area contributed by atoms with Gasteiger partial charge < -0.3 is 14.7 Å². The Kier molecular flexibility index (Phi) is 4.85. The van der Waals surface area contributed by atoms with E-state index in [0.29, 0.717) is 18.3 Å². The van der Waals surface area contributed by atoms with Crippen LogP contribution in [0.4, 0.5) is 4.79 Å². The van der Waals surface area contributed by atoms with Gasteiger partial charge in [0.25, 0.3) is 0 Å². The molecule has 2 amide bonds. The van der Waals surface area contributed by atoms with Crippen molar-refractivity contribution in [1.29, 1.82) is 0 Å². The predicted molar refractivity (Wildman–Crippen MR) is 103 cm³/mol. The summed E-state index contributed by atoms with van der Waals surface area (Å²) in [6.45, 7) is 4.41. The zero-order valence-corrected chi connectivity index (χ0v) is 16.3. The van der Waals surface area contributed by atoms with E-state index in [1.807, 2.05) is 56.3 Å². The van der Waals surface area contributed by atoms with E-state index in [0.717, 1.165) is 24.0 Å². The van der Waals surface area contributed by atoms with Crippen molar-refractivity contribution in [3.8, 4) is 11.4 Å². The Morgan fingerprint density at radius 1 is 1.36 bits per heavy atom. The first-order valence-corrected chi connectivity index (χ1v) is 9.45. The van der Waals surface area contributed by atoms with Gasteiger partial charge in [-0.25, -0.2) is 4.79 Å². The summed E-state index contributed by atoms with van der Waals surface area (Å²) < 4.78 is 7.12. The number of urea groups is 1. The highest BCUT2D eigenvalue weighted by atomic mass is 16.5. The van der Waals surface area contributed by atoms with Gasteiger partial charge in [0, 0.05) is 30.4 Å². The molecule has 0 unspecified atom stereocenters. The Morgan fingerprint density at radius 3 is 2.75 bits per heavy atom. The van der Waals surface area contributed by atoms with Gasteiger partial charge >= 0.3 is 6.03 Å². The summed E-state index contributed by atoms with van der Waals surface area (Å²) in [7, 11) is 1.87. The number of aromatic nitrogens is 4. The number of carbonyl (C=O) groups excluding carboxylic acids is 1. The van der Waals surface area contributed by atoms with Crippen molar-refractivity contribution in [2.45, 2.75) is 45.3 Å². The minimum atomic E-state index is -0.380. The summed E-state index contributed by atoms with van der Waals surface area (Å²) in [6.07, 6.45) is 5.77. The van der Waals surface area contributed by atoms with Crippen LogP contribution in [0, 0.1) is 6.92 Å². The van der Waals surface area contributed by atoms with Gasteiger partial charge in [0.1, 0.15) is 6.04 Å². The van der Waals surface area contributed by atoms with Crippen molar-refractivity contribution in [2.75, 3.05) is 0 Å². The maximum Gasteiger partial charge on any atom is 0.318 e. The van der Waals surface area contributed by atoms with Crippen molar-refractivity contribution in [3.05, 3.63) is 53.7 Å². The van der Waals surface area contributed by atoms with Crippen LogP contribution in [0.5, 0.6) is 0 Å². The average molecular weight is 380 g/mol. The molecule has 2 heterocycles. The Balaban J connectivity index is 1.42. The molecular weight excluding hydrogens is 356 g/mol. The van der Waals surface area contributed by atoms with Crippen molar-refractivity contribution in [1.82, 2.24) is 30.1 Å². The van der Waals surface area contributed by atoms with E-state index in [4.69, 9.17) is 4.52 Å². The van der Waals surface area contributed by atoms with Crippen LogP contribution in [-0.2, 0) is 13.6 Å². The highest BCUT2D eigenvalue weighted by Crippen LogP contribution is 2.29. The largest absolute Gasteiger partial charge is 0.337 e. The predicted octanol–water partition coefficient (Wildman–Crippen LogP) is 3.21. The summed E-state index contributed by atoms with van der Waals surface area (Å²) in [6, 6.07) is 7.68. The number of carbonyl (C=O) groups is 1. The number of nitrogens with zero attached hydrogens (tertiary/aromatic N) is 5. The number of rotatable bonds is 6. The topological polar surface area (TPSA) is 89.1 Å². The van der Waals surface area contributed by atoms with E-state index in [9.17, 15) is 4.79 Å². The number of amides is 2. The summed E-state index contributed by atoms with van der Waals surface area (Å²) >= 11 is 0. The molecule has 1 fully saturated rings. The molecule has 146 valence electrons. The number of hydrogen-bond donors (Lipinski definition) is 1. The highest BCUT2D eigenvalue weighted by Gasteiger charge is 2.34. The first-order valence-electron chi connectivity index (χ1n) is 9.45. The normalized spacial score (nSPS) is 14.7. The standard InChI is InChI=1S/C20H24N6O2/c1-13-4-6-16(7-5-13)18-23-19(28-24-18)14(2)22-20(27)26(17-8-9-17)12-15-10-21-25(3)11-15/h4-7,10-11,14,17H,8-9,12H2,1-3H3,(H,22,27)/t14-/m0/s1. The lowest BCUT2D eigenvalue weighted by Gasteiger charge is -2.23. The summed E-state index contributed by atoms with van der Waals surface area (Å²) in [5.41, 5.74) is 3.06. The molecule has 1 N–H and O–H groups in total. The molecule has 4 rings (SSSR count). The van der Waals surface area contributed by atoms with Gasteiger partial charge in [-0.3, -0.25) is 4.68 Å². The molecule has 1 aliphatic rings. The zero-order valence-electron chi connectivity index (χ0n) is 16.3. The molecule has 3 aromatic rings. The van der Waals surface area contributed by atoms with Crippen LogP contribution in [-0.4, -0.2) is 36.9 Å². The molecule has 8 heteroatoms. The van der Waals surface area contributed by atoms with Gasteiger partial charge in [-0.1, -0.05) is 35.0 Å². The molecule has 1 atom stereocenters. The highest BCUT2D eigenvalue weighted by molar-refractivity contribution is 5.75. The Morgan fingerprint density at radius 2 is 2.11 bits per heavy atom. The lowest BCUT2D eigenvalue weighted by atomic mass is 10.1. The fraction of sp³-hybridized carbons (Fsp3) is 0.400. The van der Waals surface area contributed by atoms with E-state index in [-0.39, 0.29) is 18.1 Å². The fourth-order valence-electron chi connectivity index (χ4n) is 3.06. The van der Waals surface area contributed by atoms with Crippen molar-refractivity contribution in [3.63, 3.8) is 0 Å². The second-order valence-corrected chi connectivity index (χ2v) is 7.37. The number of nitrogens with one attached hydrogen (secondary N) is 1. The van der Waals surface area contributed by atoms with Gasteiger partial charge in [0.15, 0.2) is 0 Å². The van der Waals surface area contributed by atoms with Gasteiger partial charge in [0.05, 0.1) is 12.7 Å². The van der Waals surface area contributed by atoms with Crippen LogP contribution in [0.3, 0.4) is 0 Å². The molecular formula is C20H24N6O2. The van der Waals surface area contributed by atoms with Gasteiger partial charge in [-0.2, -0.15) is 10.1 Å². The molecule has 1 saturated carbocycles. The molecule has 0 aliphatic heterocycles. The second kappa shape index (κ2) is 7.46. The Hall–Kier alpha value is -3.16. The third-order valence-electron chi connectivity index (χ3n) is 4.82. The average Bonchev–Trinajstić information content (AvgIpc) is 3.23. The van der Waals surface area contributed by atoms with Crippen LogP contribution < -0.4 is 5.32 Å².